The van der Waals surface area contributed by atoms with E-state index in [1.807, 2.05) is 48.5 Å². The maximum absolute atomic E-state index is 11.9. The molecule has 1 saturated heterocycles. The normalized spacial score (nSPS) is 21.3. The summed E-state index contributed by atoms with van der Waals surface area (Å²) in [5.41, 5.74) is 0. The minimum atomic E-state index is -4.21. The van der Waals surface area contributed by atoms with Crippen molar-refractivity contribution in [3.63, 3.8) is 0 Å². The second kappa shape index (κ2) is 4.82. The first kappa shape index (κ1) is 14.9. The van der Waals surface area contributed by atoms with Crippen LogP contribution in [-0.2, 0) is 13.8 Å². The Kier molecular flexibility index (Phi) is 2.87. The van der Waals surface area contributed by atoms with E-state index in [1.54, 1.807) is 6.92 Å². The number of rotatable bonds is 2. The van der Waals surface area contributed by atoms with Gasteiger partial charge in [0.15, 0.2) is 0 Å². The minimum absolute atomic E-state index is 0.0122. The molecule has 0 unspecified atom stereocenters. The molecule has 2 heterocycles. The van der Waals surface area contributed by atoms with Gasteiger partial charge < -0.3 is 0 Å². The predicted molar refractivity (Wildman–Crippen MR) is 95.4 cm³/mol. The van der Waals surface area contributed by atoms with Crippen molar-refractivity contribution in [2.75, 3.05) is 13.2 Å². The molecule has 0 amide bonds. The molecular formula is C18H16NO5P. The first-order valence-electron chi connectivity index (χ1n) is 8.13. The molecule has 7 heteroatoms. The Hall–Kier alpha value is -2.40. The van der Waals surface area contributed by atoms with Gasteiger partial charge in [-0.15, -0.1) is 0 Å². The summed E-state index contributed by atoms with van der Waals surface area (Å²) in [6, 6.07) is 15.8. The van der Waals surface area contributed by atoms with Gasteiger partial charge in [0.2, 0.25) is 0 Å². The number of carbonyl (C=O) groups is 1. The average molecular weight is 357 g/mol. The van der Waals surface area contributed by atoms with Crippen LogP contribution < -0.4 is 14.1 Å². The van der Waals surface area contributed by atoms with Gasteiger partial charge in [0.25, 0.3) is 0 Å². The molecule has 0 bridgehead atoms. The van der Waals surface area contributed by atoms with Crippen LogP contribution in [0.5, 0.6) is 11.5 Å². The Bertz CT molecular complexity index is 985. The molecule has 2 aliphatic rings. The monoisotopic (exact) mass is 357 g/mol. The fraction of sp³-hybridized carbons (Fsp3) is 0.167. The number of fused-ring (bicyclic) bond motifs is 6. The molecule has 128 valence electrons. The molecule has 1 spiro atoms. The van der Waals surface area contributed by atoms with Crippen molar-refractivity contribution in [3.8, 4) is 11.5 Å². The third-order valence-electron chi connectivity index (χ3n) is 4.43. The van der Waals surface area contributed by atoms with E-state index < -0.39 is 13.6 Å². The van der Waals surface area contributed by atoms with Crippen LogP contribution in [0.1, 0.15) is 6.92 Å². The number of nitrogens with one attached hydrogen (secondary N) is 1. The van der Waals surface area contributed by atoms with Crippen LogP contribution in [0.15, 0.2) is 48.5 Å². The van der Waals surface area contributed by atoms with Crippen molar-refractivity contribution in [1.82, 2.24) is 5.09 Å². The van der Waals surface area contributed by atoms with E-state index in [-0.39, 0.29) is 13.2 Å². The van der Waals surface area contributed by atoms with E-state index in [0.717, 1.165) is 21.5 Å². The van der Waals surface area contributed by atoms with Crippen LogP contribution in [0, 0.1) is 0 Å². The molecule has 3 aromatic carbocycles. The molecule has 2 aliphatic heterocycles. The zero-order chi connectivity index (χ0) is 17.1. The van der Waals surface area contributed by atoms with Crippen molar-refractivity contribution in [2.24, 2.45) is 0 Å². The van der Waals surface area contributed by atoms with E-state index in [4.69, 9.17) is 18.1 Å². The topological polar surface area (TPSA) is 66.0 Å². The summed E-state index contributed by atoms with van der Waals surface area (Å²) >= 11 is 0. The Morgan fingerprint density at radius 1 is 0.920 bits per heavy atom. The van der Waals surface area contributed by atoms with E-state index in [0.29, 0.717) is 11.5 Å². The molecule has 3 aromatic rings. The number of carbonyl (C=O) groups excluding carboxylic acids is 1. The standard InChI is InChI=1S/C18H16NO5P/c1-2-21-25(19-11-16(20)22-25)23-17-14-9-5-3-7-12(14)13-8-4-6-10-15(13)18(17)24-25/h3-10,19H,2,11H2,1H3. The molecule has 0 aromatic heterocycles. The van der Waals surface area contributed by atoms with Crippen LogP contribution in [0.4, 0.5) is 0 Å². The maximum atomic E-state index is 11.9. The van der Waals surface area contributed by atoms with Gasteiger partial charge in [-0.25, -0.2) is 0 Å². The quantitative estimate of drug-likeness (QED) is 0.551. The van der Waals surface area contributed by atoms with Gasteiger partial charge in [0.1, 0.15) is 0 Å². The van der Waals surface area contributed by atoms with Crippen molar-refractivity contribution in [3.05, 3.63) is 48.5 Å². The zero-order valence-electron chi connectivity index (χ0n) is 13.5. The summed E-state index contributed by atoms with van der Waals surface area (Å²) in [6.45, 7) is 2.07. The Balaban J connectivity index is 1.84. The number of hydrogen-bond acceptors (Lipinski definition) is 6. The van der Waals surface area contributed by atoms with E-state index in [9.17, 15) is 4.79 Å². The first-order chi connectivity index (χ1) is 12.1. The van der Waals surface area contributed by atoms with Gasteiger partial charge in [-0.2, -0.15) is 0 Å². The molecule has 0 radical (unpaired) electrons. The molecule has 0 aliphatic carbocycles. The third-order valence-corrected chi connectivity index (χ3v) is 7.32. The predicted octanol–water partition coefficient (Wildman–Crippen LogP) is 4.08. The Morgan fingerprint density at radius 3 is 1.88 bits per heavy atom. The van der Waals surface area contributed by atoms with Gasteiger partial charge in [0, 0.05) is 0 Å². The third kappa shape index (κ3) is 1.93. The molecule has 0 atom stereocenters. The molecular weight excluding hydrogens is 341 g/mol. The van der Waals surface area contributed by atoms with Crippen LogP contribution in [0.25, 0.3) is 21.5 Å². The SMILES string of the molecule is CCOP12(NCC(=O)O1)Oc1c(c3ccccc3c3ccccc13)O2. The number of hydrogen-bond donors (Lipinski definition) is 1. The van der Waals surface area contributed by atoms with Crippen LogP contribution >= 0.6 is 7.66 Å². The summed E-state index contributed by atoms with van der Waals surface area (Å²) in [5.74, 6) is 0.637. The van der Waals surface area contributed by atoms with Gasteiger partial charge in [-0.1, -0.05) is 0 Å². The summed E-state index contributed by atoms with van der Waals surface area (Å²) in [4.78, 5) is 11.9. The fourth-order valence-electron chi connectivity index (χ4n) is 3.47. The van der Waals surface area contributed by atoms with Crippen molar-refractivity contribution >= 4 is 35.2 Å². The summed E-state index contributed by atoms with van der Waals surface area (Å²) < 4.78 is 23.8. The second-order valence-corrected chi connectivity index (χ2v) is 8.71. The molecule has 1 N–H and O–H groups in total. The average Bonchev–Trinajstić information content (AvgIpc) is 3.14. The van der Waals surface area contributed by atoms with Crippen LogP contribution in [0.3, 0.4) is 0 Å². The molecule has 25 heavy (non-hydrogen) atoms. The van der Waals surface area contributed by atoms with Gasteiger partial charge in [-0.3, -0.25) is 0 Å². The summed E-state index contributed by atoms with van der Waals surface area (Å²) in [5, 5.41) is 6.83. The molecule has 1 fully saturated rings. The summed E-state index contributed by atoms with van der Waals surface area (Å²) in [6.07, 6.45) is 0. The van der Waals surface area contributed by atoms with Crippen molar-refractivity contribution in [2.45, 2.75) is 6.92 Å². The van der Waals surface area contributed by atoms with Gasteiger partial charge >= 0.3 is 143 Å². The van der Waals surface area contributed by atoms with Crippen molar-refractivity contribution < 1.29 is 22.9 Å². The van der Waals surface area contributed by atoms with Gasteiger partial charge in [0.05, 0.1) is 0 Å². The molecule has 0 saturated carbocycles. The fourth-order valence-corrected chi connectivity index (χ4v) is 6.27. The second-order valence-electron chi connectivity index (χ2n) is 5.96. The van der Waals surface area contributed by atoms with Gasteiger partial charge in [-0.05, 0) is 0 Å². The molecule has 5 rings (SSSR count). The van der Waals surface area contributed by atoms with Crippen molar-refractivity contribution in [1.29, 1.82) is 0 Å². The zero-order valence-corrected chi connectivity index (χ0v) is 14.4. The Labute approximate surface area is 143 Å². The van der Waals surface area contributed by atoms with E-state index in [1.165, 1.54) is 0 Å². The first-order valence-corrected chi connectivity index (χ1v) is 10.0. The Morgan fingerprint density at radius 2 is 1.44 bits per heavy atom. The van der Waals surface area contributed by atoms with Crippen LogP contribution in [0.2, 0.25) is 0 Å². The number of benzene rings is 3. The van der Waals surface area contributed by atoms with E-state index >= 15 is 0 Å². The van der Waals surface area contributed by atoms with E-state index in [2.05, 4.69) is 5.09 Å². The molecule has 6 nitrogen and oxygen atoms in total. The van der Waals surface area contributed by atoms with Crippen LogP contribution in [-0.4, -0.2) is 19.1 Å². The summed E-state index contributed by atoms with van der Waals surface area (Å²) in [7, 11) is -4.21.